The Balaban J connectivity index is 1.35. The van der Waals surface area contributed by atoms with Gasteiger partial charge in [0.25, 0.3) is 0 Å². The molecule has 2 fully saturated rings. The molecule has 4 aliphatic heterocycles. The molecule has 32 heavy (non-hydrogen) atoms. The van der Waals surface area contributed by atoms with Gasteiger partial charge in [-0.25, -0.2) is 15.0 Å². The minimum atomic E-state index is 0.263. The van der Waals surface area contributed by atoms with Crippen LogP contribution in [0.4, 0.5) is 0 Å². The quantitative estimate of drug-likeness (QED) is 0.420. The van der Waals surface area contributed by atoms with Gasteiger partial charge in [0.1, 0.15) is 17.5 Å². The second-order valence-electron chi connectivity index (χ2n) is 14.1. The lowest BCUT2D eigenvalue weighted by Crippen LogP contribution is -2.43. The van der Waals surface area contributed by atoms with Crippen LogP contribution < -0.4 is 0 Å². The van der Waals surface area contributed by atoms with E-state index < -0.39 is 0 Å². The fourth-order valence-corrected chi connectivity index (χ4v) is 8.84. The summed E-state index contributed by atoms with van der Waals surface area (Å²) in [5, 5.41) is 0. The lowest BCUT2D eigenvalue weighted by Gasteiger charge is -2.42. The average Bonchev–Trinajstić information content (AvgIpc) is 2.99. The zero-order valence-corrected chi connectivity index (χ0v) is 21.4. The predicted octanol–water partition coefficient (Wildman–Crippen LogP) is 6.46. The van der Waals surface area contributed by atoms with Gasteiger partial charge in [0, 0.05) is 35.3 Å². The van der Waals surface area contributed by atoms with Crippen molar-refractivity contribution in [3.05, 3.63) is 0 Å². The third kappa shape index (κ3) is 2.79. The highest BCUT2D eigenvalue weighted by atomic mass is 15.1. The van der Waals surface area contributed by atoms with Crippen LogP contribution in [0.2, 0.25) is 0 Å². The average molecular weight is 435 g/mol. The molecule has 174 valence electrons. The highest BCUT2D eigenvalue weighted by Crippen LogP contribution is 2.59. The summed E-state index contributed by atoms with van der Waals surface area (Å²) in [5.41, 5.74) is 2.38. The molecule has 0 aromatic rings. The minimum absolute atomic E-state index is 0.263. The maximum atomic E-state index is 5.33. The highest BCUT2D eigenvalue weighted by Gasteiger charge is 2.56. The van der Waals surface area contributed by atoms with Crippen LogP contribution in [-0.4, -0.2) is 29.3 Å². The van der Waals surface area contributed by atoms with E-state index in [4.69, 9.17) is 20.0 Å². The zero-order valence-electron chi connectivity index (χ0n) is 21.4. The Morgan fingerprint density at radius 1 is 0.688 bits per heavy atom. The van der Waals surface area contributed by atoms with Gasteiger partial charge < -0.3 is 0 Å². The Labute approximate surface area is 194 Å². The summed E-state index contributed by atoms with van der Waals surface area (Å²) in [4.78, 5) is 20.8. The highest BCUT2D eigenvalue weighted by molar-refractivity contribution is 6.13. The molecule has 6 rings (SSSR count). The number of amidine groups is 3. The molecule has 0 radical (unpaired) electrons. The summed E-state index contributed by atoms with van der Waals surface area (Å²) in [6.07, 6.45) is 6.16. The van der Waals surface area contributed by atoms with E-state index in [-0.39, 0.29) is 5.41 Å². The number of fused-ring (bicyclic) bond motifs is 5. The Morgan fingerprint density at radius 3 is 2.00 bits per heavy atom. The van der Waals surface area contributed by atoms with E-state index in [1.165, 1.54) is 37.8 Å². The summed E-state index contributed by atoms with van der Waals surface area (Å²) in [7, 11) is 0. The van der Waals surface area contributed by atoms with E-state index >= 15 is 0 Å². The first-order valence-corrected chi connectivity index (χ1v) is 13.2. The fourth-order valence-electron chi connectivity index (χ4n) is 8.84. The van der Waals surface area contributed by atoms with Crippen molar-refractivity contribution < 1.29 is 0 Å². The maximum absolute atomic E-state index is 5.33. The SMILES string of the molecule is C[C@@H]1C2=NC3=NC4=NC5=NC6C(CC5CC4CC3CC2[C@H](C)C1(C)C)C(C)(C)CC6(C)C. The van der Waals surface area contributed by atoms with Crippen molar-refractivity contribution in [3.8, 4) is 0 Å². The van der Waals surface area contributed by atoms with Crippen molar-refractivity contribution in [1.29, 1.82) is 0 Å². The molecule has 4 nitrogen and oxygen atoms in total. The summed E-state index contributed by atoms with van der Waals surface area (Å²) >= 11 is 0. The van der Waals surface area contributed by atoms with Crippen molar-refractivity contribution in [2.75, 3.05) is 0 Å². The molecule has 4 heteroatoms. The van der Waals surface area contributed by atoms with Crippen molar-refractivity contribution in [2.24, 2.45) is 77.6 Å². The van der Waals surface area contributed by atoms with Gasteiger partial charge in [0.05, 0.1) is 6.04 Å². The molecule has 0 N–H and O–H groups in total. The predicted molar refractivity (Wildman–Crippen MR) is 134 cm³/mol. The number of hydrogen-bond acceptors (Lipinski definition) is 4. The molecule has 4 heterocycles. The molecule has 2 aliphatic carbocycles. The van der Waals surface area contributed by atoms with Crippen LogP contribution >= 0.6 is 0 Å². The molecule has 2 saturated carbocycles. The van der Waals surface area contributed by atoms with Crippen LogP contribution in [0.3, 0.4) is 0 Å². The van der Waals surface area contributed by atoms with Crippen LogP contribution in [0.1, 0.15) is 87.5 Å². The maximum Gasteiger partial charge on any atom is 0.135 e. The number of rotatable bonds is 0. The number of hydrogen-bond donors (Lipinski definition) is 0. The largest absolute Gasteiger partial charge is 0.266 e. The lowest BCUT2D eigenvalue weighted by molar-refractivity contribution is 0.183. The van der Waals surface area contributed by atoms with E-state index in [2.05, 4.69) is 55.4 Å². The molecule has 6 unspecified atom stereocenters. The Morgan fingerprint density at radius 2 is 1.28 bits per heavy atom. The number of aliphatic imine (C=N–C) groups is 4. The van der Waals surface area contributed by atoms with Crippen molar-refractivity contribution in [1.82, 2.24) is 0 Å². The van der Waals surface area contributed by atoms with E-state index in [0.29, 0.717) is 58.3 Å². The summed E-state index contributed by atoms with van der Waals surface area (Å²) < 4.78 is 0. The normalized spacial score (nSPS) is 47.0. The Bertz CT molecular complexity index is 977. The van der Waals surface area contributed by atoms with Gasteiger partial charge in [0.2, 0.25) is 0 Å². The zero-order chi connectivity index (χ0) is 22.8. The molecular weight excluding hydrogens is 392 g/mol. The van der Waals surface area contributed by atoms with E-state index in [0.717, 1.165) is 17.5 Å². The first-order chi connectivity index (χ1) is 14.9. The van der Waals surface area contributed by atoms with Crippen LogP contribution in [0.15, 0.2) is 20.0 Å². The van der Waals surface area contributed by atoms with Gasteiger partial charge in [-0.05, 0) is 60.2 Å². The molecule has 0 aromatic carbocycles. The lowest BCUT2D eigenvalue weighted by atomic mass is 9.69. The molecular formula is C28H42N4. The van der Waals surface area contributed by atoms with Gasteiger partial charge >= 0.3 is 0 Å². The van der Waals surface area contributed by atoms with E-state index in [1.54, 1.807) is 0 Å². The van der Waals surface area contributed by atoms with Crippen LogP contribution in [0.5, 0.6) is 0 Å². The summed E-state index contributed by atoms with van der Waals surface area (Å²) in [6, 6.07) is 0.410. The standard InChI is InChI=1S/C28H42N4/c1-14-19-11-17-9-16-10-18-12-20-22(27(5,6)13-26(20,3)4)30-24(18)32-25(16)31-23(17)29-21(19)15(2)28(14,7)8/h14-20,22H,9-13H2,1-8H3/t14-,15+,16?,17?,18?,19?,20?,22?/m0/s1. The van der Waals surface area contributed by atoms with Gasteiger partial charge in [-0.3, -0.25) is 4.99 Å². The van der Waals surface area contributed by atoms with Crippen LogP contribution in [0.25, 0.3) is 0 Å². The Hall–Kier alpha value is -1.32. The second kappa shape index (κ2) is 6.42. The molecule has 0 amide bonds. The first-order valence-electron chi connectivity index (χ1n) is 13.2. The van der Waals surface area contributed by atoms with Crippen molar-refractivity contribution in [2.45, 2.75) is 93.5 Å². The number of nitrogens with zero attached hydrogens (tertiary/aromatic N) is 4. The minimum Gasteiger partial charge on any atom is -0.266 e. The van der Waals surface area contributed by atoms with E-state index in [1.807, 2.05) is 0 Å². The van der Waals surface area contributed by atoms with Gasteiger partial charge in [-0.2, -0.15) is 0 Å². The second-order valence-corrected chi connectivity index (χ2v) is 14.1. The smallest absolute Gasteiger partial charge is 0.135 e. The molecule has 0 bridgehead atoms. The Kier molecular flexibility index (Phi) is 4.26. The van der Waals surface area contributed by atoms with Crippen LogP contribution in [0, 0.1) is 57.7 Å². The summed E-state index contributed by atoms with van der Waals surface area (Å²) in [5.74, 6) is 7.34. The first kappa shape index (κ1) is 21.2. The molecule has 8 atom stereocenters. The van der Waals surface area contributed by atoms with Crippen molar-refractivity contribution in [3.63, 3.8) is 0 Å². The molecule has 6 aliphatic rings. The summed E-state index contributed by atoms with van der Waals surface area (Å²) in [6.45, 7) is 19.5. The van der Waals surface area contributed by atoms with Crippen LogP contribution in [-0.2, 0) is 0 Å². The molecule has 0 aromatic heterocycles. The van der Waals surface area contributed by atoms with Crippen molar-refractivity contribution >= 4 is 23.2 Å². The third-order valence-corrected chi connectivity index (χ3v) is 11.1. The van der Waals surface area contributed by atoms with Gasteiger partial charge in [-0.15, -0.1) is 0 Å². The topological polar surface area (TPSA) is 49.4 Å². The van der Waals surface area contributed by atoms with E-state index in [9.17, 15) is 0 Å². The molecule has 0 spiro atoms. The third-order valence-electron chi connectivity index (χ3n) is 11.1. The van der Waals surface area contributed by atoms with Gasteiger partial charge in [-0.1, -0.05) is 55.4 Å². The molecule has 0 saturated heterocycles. The fraction of sp³-hybridized carbons (Fsp3) is 0.857. The van der Waals surface area contributed by atoms with Gasteiger partial charge in [0.15, 0.2) is 0 Å². The monoisotopic (exact) mass is 434 g/mol.